The van der Waals surface area contributed by atoms with Crippen LogP contribution in [0.25, 0.3) is 11.6 Å². The standard InChI is InChI=1S/C17H10F3NO2/c18-17(19,20)16(22)23-15-8-4-5-12(10-15)9-14(11-21)13-6-2-1-3-7-13/h1-10H/b14-9-. The summed E-state index contributed by atoms with van der Waals surface area (Å²) in [5.74, 6) is -2.53. The van der Waals surface area contributed by atoms with E-state index in [9.17, 15) is 23.2 Å². The molecule has 0 bridgehead atoms. The quantitative estimate of drug-likeness (QED) is 0.369. The first-order valence-corrected chi connectivity index (χ1v) is 6.46. The van der Waals surface area contributed by atoms with Crippen molar-refractivity contribution in [3.63, 3.8) is 0 Å². The molecule has 0 fully saturated rings. The lowest BCUT2D eigenvalue weighted by Gasteiger charge is -2.07. The number of hydrogen-bond acceptors (Lipinski definition) is 3. The predicted molar refractivity (Wildman–Crippen MR) is 78.1 cm³/mol. The van der Waals surface area contributed by atoms with Gasteiger partial charge in [0.2, 0.25) is 0 Å². The minimum absolute atomic E-state index is 0.244. The van der Waals surface area contributed by atoms with Gasteiger partial charge < -0.3 is 4.74 Å². The molecule has 0 N–H and O–H groups in total. The maximum Gasteiger partial charge on any atom is 0.491 e. The smallest absolute Gasteiger partial charge is 0.420 e. The molecule has 0 atom stereocenters. The molecule has 0 unspecified atom stereocenters. The SMILES string of the molecule is N#C/C(=C/c1cccc(OC(=O)C(F)(F)F)c1)c1ccccc1. The summed E-state index contributed by atoms with van der Waals surface area (Å²) in [7, 11) is 0. The Morgan fingerprint density at radius 2 is 1.78 bits per heavy atom. The van der Waals surface area contributed by atoms with E-state index in [0.29, 0.717) is 16.7 Å². The van der Waals surface area contributed by atoms with Crippen molar-refractivity contribution in [1.29, 1.82) is 5.26 Å². The number of benzene rings is 2. The van der Waals surface area contributed by atoms with E-state index in [1.165, 1.54) is 24.3 Å². The number of ether oxygens (including phenoxy) is 1. The van der Waals surface area contributed by atoms with Crippen molar-refractivity contribution in [2.45, 2.75) is 6.18 Å². The molecule has 0 aromatic heterocycles. The molecule has 0 saturated carbocycles. The van der Waals surface area contributed by atoms with Crippen molar-refractivity contribution >= 4 is 17.6 Å². The molecule has 0 aliphatic carbocycles. The summed E-state index contributed by atoms with van der Waals surface area (Å²) in [6, 6.07) is 16.3. The summed E-state index contributed by atoms with van der Waals surface area (Å²) in [4.78, 5) is 10.8. The molecule has 23 heavy (non-hydrogen) atoms. The minimum Gasteiger partial charge on any atom is -0.420 e. The van der Waals surface area contributed by atoms with Gasteiger partial charge >= 0.3 is 12.1 Å². The van der Waals surface area contributed by atoms with Crippen molar-refractivity contribution in [2.24, 2.45) is 0 Å². The molecule has 0 amide bonds. The largest absolute Gasteiger partial charge is 0.491 e. The van der Waals surface area contributed by atoms with Crippen LogP contribution in [0.15, 0.2) is 54.6 Å². The molecule has 116 valence electrons. The minimum atomic E-state index is -5.06. The third kappa shape index (κ3) is 4.45. The molecular weight excluding hydrogens is 307 g/mol. The summed E-state index contributed by atoms with van der Waals surface area (Å²) >= 11 is 0. The summed E-state index contributed by atoms with van der Waals surface area (Å²) < 4.78 is 40.8. The third-order valence-electron chi connectivity index (χ3n) is 2.82. The number of carbonyl (C=O) groups is 1. The van der Waals surface area contributed by atoms with Gasteiger partial charge in [-0.25, -0.2) is 4.79 Å². The lowest BCUT2D eigenvalue weighted by atomic mass is 10.0. The number of alkyl halides is 3. The molecule has 2 rings (SSSR count). The van der Waals surface area contributed by atoms with E-state index in [2.05, 4.69) is 4.74 Å². The van der Waals surface area contributed by atoms with Gasteiger partial charge in [-0.3, -0.25) is 0 Å². The molecule has 0 aliphatic heterocycles. The van der Waals surface area contributed by atoms with Crippen LogP contribution < -0.4 is 4.74 Å². The lowest BCUT2D eigenvalue weighted by Crippen LogP contribution is -2.27. The Labute approximate surface area is 130 Å². The summed E-state index contributed by atoms with van der Waals surface area (Å²) in [5, 5.41) is 9.21. The number of nitriles is 1. The van der Waals surface area contributed by atoms with Gasteiger partial charge in [-0.1, -0.05) is 42.5 Å². The summed E-state index contributed by atoms with van der Waals surface area (Å²) in [5.41, 5.74) is 1.45. The molecule has 0 spiro atoms. The molecule has 3 nitrogen and oxygen atoms in total. The molecule has 0 saturated heterocycles. The average molecular weight is 317 g/mol. The molecule has 0 radical (unpaired) electrons. The summed E-state index contributed by atoms with van der Waals surface area (Å²) in [6.07, 6.45) is -3.56. The third-order valence-corrected chi connectivity index (χ3v) is 2.82. The Morgan fingerprint density at radius 1 is 1.09 bits per heavy atom. The van der Waals surface area contributed by atoms with Gasteiger partial charge in [0.25, 0.3) is 0 Å². The molecule has 6 heteroatoms. The highest BCUT2D eigenvalue weighted by Crippen LogP contribution is 2.23. The van der Waals surface area contributed by atoms with E-state index >= 15 is 0 Å². The molecule has 0 heterocycles. The van der Waals surface area contributed by atoms with Crippen molar-refractivity contribution in [2.75, 3.05) is 0 Å². The van der Waals surface area contributed by atoms with Gasteiger partial charge in [-0.2, -0.15) is 18.4 Å². The van der Waals surface area contributed by atoms with Crippen LogP contribution in [0.5, 0.6) is 5.75 Å². The Balaban J connectivity index is 2.28. The van der Waals surface area contributed by atoms with Crippen LogP contribution in [0.2, 0.25) is 0 Å². The number of hydrogen-bond donors (Lipinski definition) is 0. The van der Waals surface area contributed by atoms with Crippen LogP contribution >= 0.6 is 0 Å². The van der Waals surface area contributed by atoms with Gasteiger partial charge in [-0.15, -0.1) is 0 Å². The maximum atomic E-state index is 12.2. The Kier molecular flexibility index (Phi) is 4.82. The number of esters is 1. The topological polar surface area (TPSA) is 50.1 Å². The molecular formula is C17H10F3NO2. The number of nitrogens with zero attached hydrogens (tertiary/aromatic N) is 1. The van der Waals surface area contributed by atoms with E-state index in [-0.39, 0.29) is 5.75 Å². The van der Waals surface area contributed by atoms with E-state index in [1.807, 2.05) is 6.07 Å². The average Bonchev–Trinajstić information content (AvgIpc) is 2.53. The van der Waals surface area contributed by atoms with Gasteiger partial charge in [0.1, 0.15) is 5.75 Å². The van der Waals surface area contributed by atoms with Gasteiger partial charge in [0, 0.05) is 0 Å². The van der Waals surface area contributed by atoms with E-state index in [0.717, 1.165) is 0 Å². The second kappa shape index (κ2) is 6.79. The second-order valence-corrected chi connectivity index (χ2v) is 4.50. The molecule has 2 aromatic rings. The van der Waals surface area contributed by atoms with Crippen LogP contribution in [0.3, 0.4) is 0 Å². The first kappa shape index (κ1) is 16.3. The highest BCUT2D eigenvalue weighted by Gasteiger charge is 2.41. The van der Waals surface area contributed by atoms with Gasteiger partial charge in [0.15, 0.2) is 0 Å². The summed E-state index contributed by atoms with van der Waals surface area (Å²) in [6.45, 7) is 0. The van der Waals surface area contributed by atoms with Crippen LogP contribution in [0.1, 0.15) is 11.1 Å². The van der Waals surface area contributed by atoms with Gasteiger partial charge in [-0.05, 0) is 29.3 Å². The molecule has 0 aliphatic rings. The zero-order chi connectivity index (χ0) is 16.9. The zero-order valence-corrected chi connectivity index (χ0v) is 11.7. The zero-order valence-electron chi connectivity index (χ0n) is 11.7. The van der Waals surface area contributed by atoms with Crippen molar-refractivity contribution in [1.82, 2.24) is 0 Å². The maximum absolute atomic E-state index is 12.2. The fourth-order valence-electron chi connectivity index (χ4n) is 1.80. The van der Waals surface area contributed by atoms with Crippen molar-refractivity contribution < 1.29 is 22.7 Å². The Morgan fingerprint density at radius 3 is 2.39 bits per heavy atom. The number of allylic oxidation sites excluding steroid dienone is 1. The van der Waals surface area contributed by atoms with Crippen LogP contribution in [-0.4, -0.2) is 12.1 Å². The van der Waals surface area contributed by atoms with Crippen molar-refractivity contribution in [3.05, 3.63) is 65.7 Å². The molecule has 2 aromatic carbocycles. The van der Waals surface area contributed by atoms with E-state index < -0.39 is 12.1 Å². The van der Waals surface area contributed by atoms with Gasteiger partial charge in [0.05, 0.1) is 11.6 Å². The second-order valence-electron chi connectivity index (χ2n) is 4.50. The highest BCUT2D eigenvalue weighted by atomic mass is 19.4. The Hall–Kier alpha value is -3.07. The number of carbonyl (C=O) groups excluding carboxylic acids is 1. The predicted octanol–water partition coefficient (Wildman–Crippen LogP) is 4.22. The normalized spacial score (nSPS) is 11.7. The Bertz CT molecular complexity index is 774. The highest BCUT2D eigenvalue weighted by molar-refractivity contribution is 5.89. The van der Waals surface area contributed by atoms with Crippen molar-refractivity contribution in [3.8, 4) is 11.8 Å². The lowest BCUT2D eigenvalue weighted by molar-refractivity contribution is -0.189. The number of halogens is 3. The van der Waals surface area contributed by atoms with E-state index in [4.69, 9.17) is 0 Å². The first-order valence-electron chi connectivity index (χ1n) is 6.46. The van der Waals surface area contributed by atoms with Crippen LogP contribution in [-0.2, 0) is 4.79 Å². The van der Waals surface area contributed by atoms with Crippen LogP contribution in [0, 0.1) is 11.3 Å². The first-order chi connectivity index (χ1) is 10.9. The fraction of sp³-hybridized carbons (Fsp3) is 0.0588. The van der Waals surface area contributed by atoms with Crippen LogP contribution in [0.4, 0.5) is 13.2 Å². The van der Waals surface area contributed by atoms with E-state index in [1.54, 1.807) is 36.4 Å². The monoisotopic (exact) mass is 317 g/mol. The number of rotatable bonds is 3. The fourth-order valence-corrected chi connectivity index (χ4v) is 1.80.